The Labute approximate surface area is 118 Å². The van der Waals surface area contributed by atoms with Crippen molar-refractivity contribution in [2.75, 3.05) is 38.6 Å². The first-order valence-electron chi connectivity index (χ1n) is 6.46. The van der Waals surface area contributed by atoms with E-state index in [1.54, 1.807) is 0 Å². The van der Waals surface area contributed by atoms with Gasteiger partial charge in [-0.05, 0) is 49.1 Å². The molecule has 1 heterocycles. The molecule has 1 N–H and O–H groups in total. The third kappa shape index (κ3) is 3.46. The van der Waals surface area contributed by atoms with Gasteiger partial charge >= 0.3 is 0 Å². The lowest BCUT2D eigenvalue weighted by molar-refractivity contribution is 0.297. The minimum absolute atomic E-state index is 0.524. The van der Waals surface area contributed by atoms with Gasteiger partial charge in [-0.1, -0.05) is 12.1 Å². The molecule has 2 atom stereocenters. The van der Waals surface area contributed by atoms with Crippen molar-refractivity contribution in [3.63, 3.8) is 0 Å². The van der Waals surface area contributed by atoms with E-state index in [2.05, 4.69) is 76.3 Å². The number of nitrogens with zero attached hydrogens (tertiary/aromatic N) is 2. The highest BCUT2D eigenvalue weighted by Crippen LogP contribution is 2.27. The topological polar surface area (TPSA) is 18.5 Å². The maximum Gasteiger partial charge on any atom is 0.0511 e. The van der Waals surface area contributed by atoms with Crippen LogP contribution in [0, 0.1) is 0 Å². The van der Waals surface area contributed by atoms with Crippen molar-refractivity contribution in [2.45, 2.75) is 19.0 Å². The van der Waals surface area contributed by atoms with E-state index >= 15 is 0 Å². The van der Waals surface area contributed by atoms with Crippen molar-refractivity contribution in [3.05, 3.63) is 28.7 Å². The summed E-state index contributed by atoms with van der Waals surface area (Å²) in [6.07, 6.45) is 0. The minimum atomic E-state index is 0.524. The molecule has 0 amide bonds. The fraction of sp³-hybridized carbons (Fsp3) is 0.571. The Morgan fingerprint density at radius 3 is 2.72 bits per heavy atom. The maximum atomic E-state index is 3.67. The Hall–Kier alpha value is -0.580. The molecule has 1 aromatic carbocycles. The Kier molecular flexibility index (Phi) is 4.65. The van der Waals surface area contributed by atoms with E-state index in [1.165, 1.54) is 10.2 Å². The Morgan fingerprint density at radius 1 is 1.33 bits per heavy atom. The molecule has 1 aliphatic rings. The normalized spacial score (nSPS) is 24.6. The lowest BCUT2D eigenvalue weighted by Gasteiger charge is -2.40. The Bertz CT molecular complexity index is 392. The summed E-state index contributed by atoms with van der Waals surface area (Å²) in [4.78, 5) is 4.72. The number of para-hydroxylation sites is 1. The largest absolute Gasteiger partial charge is 0.367 e. The lowest BCUT2D eigenvalue weighted by Crippen LogP contribution is -2.58. The van der Waals surface area contributed by atoms with Crippen LogP contribution in [0.2, 0.25) is 0 Å². The summed E-state index contributed by atoms with van der Waals surface area (Å²) in [5, 5.41) is 3.67. The van der Waals surface area contributed by atoms with Crippen LogP contribution in [0.5, 0.6) is 0 Å². The van der Waals surface area contributed by atoms with Gasteiger partial charge in [0.05, 0.1) is 5.69 Å². The molecular weight excluding hydrogens is 290 g/mol. The second kappa shape index (κ2) is 6.04. The molecule has 2 unspecified atom stereocenters. The molecule has 0 saturated carbocycles. The summed E-state index contributed by atoms with van der Waals surface area (Å²) in [6.45, 7) is 5.45. The predicted molar refractivity (Wildman–Crippen MR) is 81.3 cm³/mol. The van der Waals surface area contributed by atoms with Crippen LogP contribution in [0.3, 0.4) is 0 Å². The van der Waals surface area contributed by atoms with E-state index in [0.717, 1.165) is 19.6 Å². The zero-order chi connectivity index (χ0) is 13.1. The van der Waals surface area contributed by atoms with Gasteiger partial charge in [-0.15, -0.1) is 0 Å². The second-order valence-electron chi connectivity index (χ2n) is 5.38. The summed E-state index contributed by atoms with van der Waals surface area (Å²) in [5.74, 6) is 0. The van der Waals surface area contributed by atoms with Gasteiger partial charge in [0, 0.05) is 36.2 Å². The number of rotatable bonds is 3. The van der Waals surface area contributed by atoms with E-state index in [-0.39, 0.29) is 0 Å². The first-order chi connectivity index (χ1) is 8.56. The summed E-state index contributed by atoms with van der Waals surface area (Å²) in [5.41, 5.74) is 1.30. The van der Waals surface area contributed by atoms with E-state index in [9.17, 15) is 0 Å². The lowest BCUT2D eigenvalue weighted by atomic mass is 10.1. The second-order valence-corrected chi connectivity index (χ2v) is 6.24. The quantitative estimate of drug-likeness (QED) is 0.923. The molecule has 0 spiro atoms. The van der Waals surface area contributed by atoms with Gasteiger partial charge in [0.1, 0.15) is 0 Å². The SMILES string of the molecule is CC1CN(c2ccccc2Br)CC(CN(C)C)N1. The first-order valence-corrected chi connectivity index (χ1v) is 7.26. The van der Waals surface area contributed by atoms with Crippen molar-refractivity contribution < 1.29 is 0 Å². The minimum Gasteiger partial charge on any atom is -0.367 e. The molecule has 1 fully saturated rings. The zero-order valence-electron chi connectivity index (χ0n) is 11.4. The molecule has 0 aromatic heterocycles. The summed E-state index contributed by atoms with van der Waals surface area (Å²) in [7, 11) is 4.26. The smallest absolute Gasteiger partial charge is 0.0511 e. The number of nitrogens with one attached hydrogen (secondary N) is 1. The number of benzene rings is 1. The van der Waals surface area contributed by atoms with E-state index in [4.69, 9.17) is 0 Å². The van der Waals surface area contributed by atoms with Crippen molar-refractivity contribution in [3.8, 4) is 0 Å². The Balaban J connectivity index is 2.11. The van der Waals surface area contributed by atoms with Crippen molar-refractivity contribution in [2.24, 2.45) is 0 Å². The summed E-state index contributed by atoms with van der Waals surface area (Å²) >= 11 is 3.65. The molecule has 4 heteroatoms. The number of halogens is 1. The van der Waals surface area contributed by atoms with Crippen molar-refractivity contribution in [1.29, 1.82) is 0 Å². The van der Waals surface area contributed by atoms with Crippen molar-refractivity contribution >= 4 is 21.6 Å². The number of anilines is 1. The van der Waals surface area contributed by atoms with E-state index < -0.39 is 0 Å². The highest BCUT2D eigenvalue weighted by Gasteiger charge is 2.25. The van der Waals surface area contributed by atoms with Crippen LogP contribution in [0.15, 0.2) is 28.7 Å². The molecular formula is C14H22BrN3. The van der Waals surface area contributed by atoms with Gasteiger partial charge in [-0.25, -0.2) is 0 Å². The molecule has 0 bridgehead atoms. The predicted octanol–water partition coefficient (Wildman–Crippen LogP) is 2.18. The fourth-order valence-corrected chi connectivity index (χ4v) is 3.17. The van der Waals surface area contributed by atoms with Crippen LogP contribution >= 0.6 is 15.9 Å². The molecule has 1 aromatic rings. The van der Waals surface area contributed by atoms with Crippen LogP contribution in [0.1, 0.15) is 6.92 Å². The molecule has 18 heavy (non-hydrogen) atoms. The van der Waals surface area contributed by atoms with Crippen LogP contribution in [-0.4, -0.2) is 50.7 Å². The van der Waals surface area contributed by atoms with Crippen LogP contribution in [0.25, 0.3) is 0 Å². The average Bonchev–Trinajstić information content (AvgIpc) is 2.27. The van der Waals surface area contributed by atoms with Gasteiger partial charge in [-0.3, -0.25) is 0 Å². The van der Waals surface area contributed by atoms with Gasteiger partial charge in [0.25, 0.3) is 0 Å². The molecule has 0 aliphatic carbocycles. The molecule has 0 radical (unpaired) electrons. The zero-order valence-corrected chi connectivity index (χ0v) is 12.9. The summed E-state index contributed by atoms with van der Waals surface area (Å²) < 4.78 is 1.18. The third-order valence-corrected chi connectivity index (χ3v) is 3.90. The van der Waals surface area contributed by atoms with Crippen LogP contribution in [0.4, 0.5) is 5.69 Å². The number of hydrogen-bond acceptors (Lipinski definition) is 3. The van der Waals surface area contributed by atoms with Crippen LogP contribution < -0.4 is 10.2 Å². The number of likely N-dealkylation sites (N-methyl/N-ethyl adjacent to an activating group) is 1. The highest BCUT2D eigenvalue weighted by atomic mass is 79.9. The molecule has 1 aliphatic heterocycles. The highest BCUT2D eigenvalue weighted by molar-refractivity contribution is 9.10. The standard InChI is InChI=1S/C14H22BrN3/c1-11-8-18(10-12(16-11)9-17(2)3)14-7-5-4-6-13(14)15/h4-7,11-12,16H,8-10H2,1-3H3. The van der Waals surface area contributed by atoms with Crippen molar-refractivity contribution in [1.82, 2.24) is 10.2 Å². The molecule has 3 nitrogen and oxygen atoms in total. The third-order valence-electron chi connectivity index (χ3n) is 3.23. The fourth-order valence-electron chi connectivity index (χ4n) is 2.64. The monoisotopic (exact) mass is 311 g/mol. The van der Waals surface area contributed by atoms with Gasteiger partial charge in [0.15, 0.2) is 0 Å². The van der Waals surface area contributed by atoms with Crippen LogP contribution in [-0.2, 0) is 0 Å². The van der Waals surface area contributed by atoms with E-state index in [0.29, 0.717) is 12.1 Å². The Morgan fingerprint density at radius 2 is 2.06 bits per heavy atom. The summed E-state index contributed by atoms with van der Waals surface area (Å²) in [6, 6.07) is 9.52. The maximum absolute atomic E-state index is 3.67. The van der Waals surface area contributed by atoms with Gasteiger partial charge in [0.2, 0.25) is 0 Å². The number of piperazine rings is 1. The molecule has 1 saturated heterocycles. The average molecular weight is 312 g/mol. The molecule has 100 valence electrons. The van der Waals surface area contributed by atoms with Gasteiger partial charge in [-0.2, -0.15) is 0 Å². The molecule has 2 rings (SSSR count). The first kappa shape index (κ1) is 13.8. The number of hydrogen-bond donors (Lipinski definition) is 1. The van der Waals surface area contributed by atoms with Gasteiger partial charge < -0.3 is 15.1 Å². The van der Waals surface area contributed by atoms with E-state index in [1.807, 2.05) is 0 Å².